The molecule has 16 heavy (non-hydrogen) atoms. The molecule has 90 valence electrons. The minimum atomic E-state index is -0.0579. The van der Waals surface area contributed by atoms with Crippen molar-refractivity contribution in [1.29, 1.82) is 0 Å². The Morgan fingerprint density at radius 2 is 2.06 bits per heavy atom. The van der Waals surface area contributed by atoms with Crippen LogP contribution in [0.5, 0.6) is 0 Å². The predicted octanol–water partition coefficient (Wildman–Crippen LogP) is 2.07. The van der Waals surface area contributed by atoms with E-state index in [-0.39, 0.29) is 24.9 Å². The number of benzene rings is 1. The van der Waals surface area contributed by atoms with Crippen molar-refractivity contribution in [2.24, 2.45) is 5.73 Å². The van der Waals surface area contributed by atoms with Gasteiger partial charge in [0.05, 0.1) is 6.54 Å². The molecule has 0 saturated carbocycles. The molecule has 0 bridgehead atoms. The molecule has 1 amide bonds. The highest BCUT2D eigenvalue weighted by atomic mass is 35.5. The first-order valence-electron chi connectivity index (χ1n) is 4.90. The number of hydrogen-bond acceptors (Lipinski definition) is 2. The first kappa shape index (κ1) is 15.2. The molecule has 0 aliphatic rings. The Bertz CT molecular complexity index is 345. The summed E-state index contributed by atoms with van der Waals surface area (Å²) < 4.78 is 0. The summed E-state index contributed by atoms with van der Waals surface area (Å²) in [6.45, 7) is 3.12. The van der Waals surface area contributed by atoms with Crippen molar-refractivity contribution in [2.45, 2.75) is 13.5 Å². The van der Waals surface area contributed by atoms with E-state index in [2.05, 4.69) is 0 Å². The quantitative estimate of drug-likeness (QED) is 0.903. The molecule has 1 aromatic rings. The van der Waals surface area contributed by atoms with Crippen LogP contribution in [0.4, 0.5) is 0 Å². The fourth-order valence-corrected chi connectivity index (χ4v) is 1.53. The molecule has 3 nitrogen and oxygen atoms in total. The lowest BCUT2D eigenvalue weighted by Gasteiger charge is -2.20. The summed E-state index contributed by atoms with van der Waals surface area (Å²) >= 11 is 6.00. The van der Waals surface area contributed by atoms with E-state index in [1.807, 2.05) is 31.2 Å². The maximum atomic E-state index is 11.4. The fourth-order valence-electron chi connectivity index (χ4n) is 1.34. The molecule has 2 N–H and O–H groups in total. The van der Waals surface area contributed by atoms with Crippen molar-refractivity contribution in [3.05, 3.63) is 34.9 Å². The molecule has 0 unspecified atom stereocenters. The maximum Gasteiger partial charge on any atom is 0.236 e. The summed E-state index contributed by atoms with van der Waals surface area (Å²) in [5, 5.41) is 0.681. The molecular weight excluding hydrogens is 247 g/mol. The molecule has 1 rings (SSSR count). The second-order valence-electron chi connectivity index (χ2n) is 3.20. The number of nitrogens with zero attached hydrogens (tertiary/aromatic N) is 1. The van der Waals surface area contributed by atoms with Crippen molar-refractivity contribution < 1.29 is 4.79 Å². The van der Waals surface area contributed by atoms with Crippen molar-refractivity contribution in [3.63, 3.8) is 0 Å². The minimum absolute atomic E-state index is 0. The van der Waals surface area contributed by atoms with Gasteiger partial charge in [0, 0.05) is 18.1 Å². The van der Waals surface area contributed by atoms with E-state index in [4.69, 9.17) is 17.3 Å². The van der Waals surface area contributed by atoms with Gasteiger partial charge in [-0.25, -0.2) is 0 Å². The van der Waals surface area contributed by atoms with E-state index >= 15 is 0 Å². The molecular formula is C11H16Cl2N2O. The molecule has 1 aromatic carbocycles. The second-order valence-corrected chi connectivity index (χ2v) is 3.61. The summed E-state index contributed by atoms with van der Waals surface area (Å²) in [5.74, 6) is -0.0579. The molecule has 5 heteroatoms. The smallest absolute Gasteiger partial charge is 0.236 e. The Kier molecular flexibility index (Phi) is 7.13. The van der Waals surface area contributed by atoms with Crippen molar-refractivity contribution in [2.75, 3.05) is 13.1 Å². The van der Waals surface area contributed by atoms with E-state index in [1.54, 1.807) is 4.90 Å². The fraction of sp³-hybridized carbons (Fsp3) is 0.364. The number of amides is 1. The van der Waals surface area contributed by atoms with E-state index in [0.29, 0.717) is 18.1 Å². The van der Waals surface area contributed by atoms with Gasteiger partial charge in [-0.2, -0.15) is 0 Å². The Hall–Kier alpha value is -0.770. The Balaban J connectivity index is 0.00000225. The average Bonchev–Trinajstić information content (AvgIpc) is 2.27. The van der Waals surface area contributed by atoms with Crippen molar-refractivity contribution in [3.8, 4) is 0 Å². The topological polar surface area (TPSA) is 46.3 Å². The number of rotatable bonds is 4. The molecule has 0 heterocycles. The SMILES string of the molecule is CCN(Cc1ccccc1Cl)C(=O)CN.Cl. The first-order chi connectivity index (χ1) is 7.19. The van der Waals surface area contributed by atoms with E-state index in [0.717, 1.165) is 5.56 Å². The highest BCUT2D eigenvalue weighted by molar-refractivity contribution is 6.31. The van der Waals surface area contributed by atoms with Crippen LogP contribution in [-0.2, 0) is 11.3 Å². The van der Waals surface area contributed by atoms with Gasteiger partial charge < -0.3 is 10.6 Å². The van der Waals surface area contributed by atoms with Crippen LogP contribution >= 0.6 is 24.0 Å². The summed E-state index contributed by atoms with van der Waals surface area (Å²) in [5.41, 5.74) is 6.26. The third kappa shape index (κ3) is 4.00. The predicted molar refractivity (Wildman–Crippen MR) is 68.8 cm³/mol. The number of halogens is 2. The molecule has 0 aromatic heterocycles. The van der Waals surface area contributed by atoms with E-state index in [9.17, 15) is 4.79 Å². The lowest BCUT2D eigenvalue weighted by molar-refractivity contribution is -0.130. The highest BCUT2D eigenvalue weighted by Crippen LogP contribution is 2.16. The van der Waals surface area contributed by atoms with Crippen LogP contribution in [0.2, 0.25) is 5.02 Å². The van der Waals surface area contributed by atoms with Gasteiger partial charge in [-0.3, -0.25) is 4.79 Å². The van der Waals surface area contributed by atoms with Crippen LogP contribution in [0.3, 0.4) is 0 Å². The lowest BCUT2D eigenvalue weighted by atomic mass is 10.2. The Morgan fingerprint density at radius 3 is 2.56 bits per heavy atom. The number of hydrogen-bond donors (Lipinski definition) is 1. The van der Waals surface area contributed by atoms with Crippen LogP contribution in [0.15, 0.2) is 24.3 Å². The third-order valence-corrected chi connectivity index (χ3v) is 2.60. The molecule has 0 aliphatic carbocycles. The largest absolute Gasteiger partial charge is 0.337 e. The van der Waals surface area contributed by atoms with Crippen LogP contribution in [-0.4, -0.2) is 23.9 Å². The highest BCUT2D eigenvalue weighted by Gasteiger charge is 2.11. The van der Waals surface area contributed by atoms with Gasteiger partial charge in [0.25, 0.3) is 0 Å². The van der Waals surface area contributed by atoms with E-state index in [1.165, 1.54) is 0 Å². The number of carbonyl (C=O) groups excluding carboxylic acids is 1. The molecule has 0 fully saturated rings. The summed E-state index contributed by atoms with van der Waals surface area (Å²) in [6, 6.07) is 7.50. The number of nitrogens with two attached hydrogens (primary N) is 1. The van der Waals surface area contributed by atoms with Crippen LogP contribution < -0.4 is 5.73 Å². The zero-order valence-electron chi connectivity index (χ0n) is 9.15. The van der Waals surface area contributed by atoms with Crippen LogP contribution in [0, 0.1) is 0 Å². The Morgan fingerprint density at radius 1 is 1.44 bits per heavy atom. The molecule has 0 aliphatic heterocycles. The molecule has 0 saturated heterocycles. The summed E-state index contributed by atoms with van der Waals surface area (Å²) in [4.78, 5) is 13.1. The third-order valence-electron chi connectivity index (χ3n) is 2.23. The average molecular weight is 263 g/mol. The monoisotopic (exact) mass is 262 g/mol. The van der Waals surface area contributed by atoms with Crippen molar-refractivity contribution >= 4 is 29.9 Å². The molecule has 0 atom stereocenters. The number of carbonyl (C=O) groups is 1. The number of likely N-dealkylation sites (N-methyl/N-ethyl adjacent to an activating group) is 1. The van der Waals surface area contributed by atoms with Gasteiger partial charge in [-0.05, 0) is 18.6 Å². The normalized spacial score (nSPS) is 9.44. The second kappa shape index (κ2) is 7.49. The standard InChI is InChI=1S/C11H15ClN2O.ClH/c1-2-14(11(15)7-13)8-9-5-3-4-6-10(9)12;/h3-6H,2,7-8,13H2,1H3;1H. The van der Waals surface area contributed by atoms with Gasteiger partial charge in [-0.1, -0.05) is 29.8 Å². The summed E-state index contributed by atoms with van der Waals surface area (Å²) in [6.07, 6.45) is 0. The maximum absolute atomic E-state index is 11.4. The summed E-state index contributed by atoms with van der Waals surface area (Å²) in [7, 11) is 0. The molecule has 0 spiro atoms. The zero-order chi connectivity index (χ0) is 11.3. The minimum Gasteiger partial charge on any atom is -0.337 e. The first-order valence-corrected chi connectivity index (χ1v) is 5.28. The Labute approximate surface area is 107 Å². The van der Waals surface area contributed by atoms with Gasteiger partial charge in [-0.15, -0.1) is 12.4 Å². The zero-order valence-corrected chi connectivity index (χ0v) is 10.7. The van der Waals surface area contributed by atoms with Gasteiger partial charge >= 0.3 is 0 Å². The van der Waals surface area contributed by atoms with Crippen LogP contribution in [0.25, 0.3) is 0 Å². The van der Waals surface area contributed by atoms with Crippen LogP contribution in [0.1, 0.15) is 12.5 Å². The lowest BCUT2D eigenvalue weighted by Crippen LogP contribution is -2.35. The van der Waals surface area contributed by atoms with Gasteiger partial charge in [0.15, 0.2) is 0 Å². The van der Waals surface area contributed by atoms with Gasteiger partial charge in [0.2, 0.25) is 5.91 Å². The van der Waals surface area contributed by atoms with Crippen molar-refractivity contribution in [1.82, 2.24) is 4.90 Å². The van der Waals surface area contributed by atoms with Gasteiger partial charge in [0.1, 0.15) is 0 Å². The molecule has 0 radical (unpaired) electrons. The van der Waals surface area contributed by atoms with E-state index < -0.39 is 0 Å².